The van der Waals surface area contributed by atoms with Gasteiger partial charge < -0.3 is 9.80 Å². The average molecular weight is 455 g/mol. The average Bonchev–Trinajstić information content (AvgIpc) is 3.47. The molecule has 1 saturated heterocycles. The van der Waals surface area contributed by atoms with Crippen LogP contribution in [0.3, 0.4) is 0 Å². The van der Waals surface area contributed by atoms with Gasteiger partial charge in [0.1, 0.15) is 0 Å². The van der Waals surface area contributed by atoms with Crippen LogP contribution in [0.5, 0.6) is 0 Å². The van der Waals surface area contributed by atoms with Gasteiger partial charge in [0, 0.05) is 22.9 Å². The molecule has 0 radical (unpaired) electrons. The fourth-order valence-electron chi connectivity index (χ4n) is 4.15. The summed E-state index contributed by atoms with van der Waals surface area (Å²) in [5, 5.41) is 2.45. The zero-order valence-corrected chi connectivity index (χ0v) is 18.7. The number of halogens is 1. The lowest BCUT2D eigenvalue weighted by atomic mass is 10.1. The summed E-state index contributed by atoms with van der Waals surface area (Å²) in [4.78, 5) is 30.4. The summed E-state index contributed by atoms with van der Waals surface area (Å²) in [5.74, 6) is 0.520. The fraction of sp³-hybridized carbons (Fsp3) is 0.217. The van der Waals surface area contributed by atoms with Crippen LogP contribution in [0.2, 0.25) is 5.02 Å². The molecule has 5 rings (SSSR count). The highest BCUT2D eigenvalue weighted by molar-refractivity contribution is 8.01. The summed E-state index contributed by atoms with van der Waals surface area (Å²) in [7, 11) is 0. The van der Waals surface area contributed by atoms with Crippen molar-refractivity contribution in [3.8, 4) is 0 Å². The van der Waals surface area contributed by atoms with Crippen LogP contribution < -0.4 is 4.90 Å². The van der Waals surface area contributed by atoms with Gasteiger partial charge in [-0.15, -0.1) is 23.1 Å². The second-order valence-electron chi connectivity index (χ2n) is 7.46. The molecule has 0 N–H and O–H groups in total. The minimum absolute atomic E-state index is 0.0762. The molecule has 2 aromatic carbocycles. The standard InChI is InChI=1S/C23H19ClN2O2S2/c1-15-4-6-16(7-5-15)14-25-19-9-8-17(24)13-18(19)23(22(25)28)26(10-12-30-23)21(27)20-3-2-11-29-20/h2-9,11,13H,10,12,14H2,1H3/t23-/m0/s1. The number of anilines is 1. The first-order chi connectivity index (χ1) is 14.5. The summed E-state index contributed by atoms with van der Waals surface area (Å²) >= 11 is 9.27. The van der Waals surface area contributed by atoms with Crippen molar-refractivity contribution >= 4 is 52.2 Å². The fourth-order valence-corrected chi connectivity index (χ4v) is 6.45. The Morgan fingerprint density at radius 2 is 1.97 bits per heavy atom. The molecule has 0 bridgehead atoms. The number of aryl methyl sites for hydroxylation is 1. The van der Waals surface area contributed by atoms with E-state index in [1.165, 1.54) is 28.7 Å². The maximum absolute atomic E-state index is 13.9. The first-order valence-corrected chi connectivity index (χ1v) is 11.9. The highest BCUT2D eigenvalue weighted by Gasteiger charge is 2.59. The molecule has 2 amide bonds. The molecule has 1 atom stereocenters. The number of carbonyl (C=O) groups excluding carboxylic acids is 2. The molecular formula is C23H19ClN2O2S2. The third-order valence-electron chi connectivity index (χ3n) is 5.59. The molecule has 1 spiro atoms. The van der Waals surface area contributed by atoms with E-state index in [9.17, 15) is 9.59 Å². The van der Waals surface area contributed by atoms with E-state index in [-0.39, 0.29) is 11.8 Å². The quantitative estimate of drug-likeness (QED) is 0.539. The number of thioether (sulfide) groups is 1. The molecule has 4 nitrogen and oxygen atoms in total. The Balaban J connectivity index is 1.60. The predicted molar refractivity (Wildman–Crippen MR) is 123 cm³/mol. The maximum atomic E-state index is 13.9. The summed E-state index contributed by atoms with van der Waals surface area (Å²) < 4.78 is 0. The van der Waals surface area contributed by atoms with Crippen LogP contribution in [0.1, 0.15) is 26.4 Å². The van der Waals surface area contributed by atoms with Gasteiger partial charge in [0.15, 0.2) is 4.87 Å². The van der Waals surface area contributed by atoms with Crippen molar-refractivity contribution in [2.45, 2.75) is 18.3 Å². The van der Waals surface area contributed by atoms with E-state index in [1.807, 2.05) is 60.8 Å². The van der Waals surface area contributed by atoms with Gasteiger partial charge in [-0.25, -0.2) is 0 Å². The molecule has 1 fully saturated rings. The highest BCUT2D eigenvalue weighted by Crippen LogP contribution is 2.55. The van der Waals surface area contributed by atoms with Gasteiger partial charge in [-0.2, -0.15) is 0 Å². The molecule has 152 valence electrons. The number of hydrogen-bond donors (Lipinski definition) is 0. The molecular weight excluding hydrogens is 436 g/mol. The number of thiophene rings is 1. The number of benzene rings is 2. The van der Waals surface area contributed by atoms with E-state index in [4.69, 9.17) is 11.6 Å². The molecule has 3 aromatic rings. The molecule has 30 heavy (non-hydrogen) atoms. The number of fused-ring (bicyclic) bond motifs is 2. The maximum Gasteiger partial charge on any atom is 0.268 e. The van der Waals surface area contributed by atoms with Crippen LogP contribution in [-0.4, -0.2) is 29.0 Å². The molecule has 0 saturated carbocycles. The molecule has 0 unspecified atom stereocenters. The van der Waals surface area contributed by atoms with E-state index in [0.717, 1.165) is 16.8 Å². The van der Waals surface area contributed by atoms with Crippen molar-refractivity contribution in [2.24, 2.45) is 0 Å². The predicted octanol–water partition coefficient (Wildman–Crippen LogP) is 5.30. The van der Waals surface area contributed by atoms with Crippen molar-refractivity contribution in [1.82, 2.24) is 4.90 Å². The second kappa shape index (κ2) is 7.45. The van der Waals surface area contributed by atoms with E-state index < -0.39 is 4.87 Å². The number of carbonyl (C=O) groups is 2. The van der Waals surface area contributed by atoms with Gasteiger partial charge in [0.2, 0.25) is 0 Å². The first-order valence-electron chi connectivity index (χ1n) is 9.68. The van der Waals surface area contributed by atoms with Crippen LogP contribution in [0, 0.1) is 6.92 Å². The molecule has 3 heterocycles. The largest absolute Gasteiger partial charge is 0.310 e. The zero-order chi connectivity index (χ0) is 20.9. The lowest BCUT2D eigenvalue weighted by Crippen LogP contribution is -2.50. The first kappa shape index (κ1) is 19.7. The van der Waals surface area contributed by atoms with Gasteiger partial charge in [-0.3, -0.25) is 9.59 Å². The Bertz CT molecular complexity index is 1130. The molecule has 1 aromatic heterocycles. The lowest BCUT2D eigenvalue weighted by Gasteiger charge is -2.33. The summed E-state index contributed by atoms with van der Waals surface area (Å²) in [5.41, 5.74) is 3.85. The van der Waals surface area contributed by atoms with Crippen molar-refractivity contribution in [3.63, 3.8) is 0 Å². The van der Waals surface area contributed by atoms with Gasteiger partial charge >= 0.3 is 0 Å². The zero-order valence-electron chi connectivity index (χ0n) is 16.3. The molecule has 7 heteroatoms. The van der Waals surface area contributed by atoms with E-state index in [1.54, 1.807) is 15.9 Å². The van der Waals surface area contributed by atoms with Crippen molar-refractivity contribution < 1.29 is 9.59 Å². The number of hydrogen-bond acceptors (Lipinski definition) is 4. The van der Waals surface area contributed by atoms with Gasteiger partial charge in [0.25, 0.3) is 11.8 Å². The Hall–Kier alpha value is -2.28. The van der Waals surface area contributed by atoms with Crippen LogP contribution in [0.25, 0.3) is 0 Å². The minimum atomic E-state index is -1.06. The Morgan fingerprint density at radius 3 is 2.70 bits per heavy atom. The monoisotopic (exact) mass is 454 g/mol. The SMILES string of the molecule is Cc1ccc(CN2C(=O)[C@@]3(SCCN3C(=O)c3cccs3)c3cc(Cl)ccc32)cc1. The smallest absolute Gasteiger partial charge is 0.268 e. The Kier molecular flexibility index (Phi) is 4.88. The van der Waals surface area contributed by atoms with Crippen LogP contribution in [0.15, 0.2) is 60.0 Å². The number of rotatable bonds is 3. The third-order valence-corrected chi connectivity index (χ3v) is 8.11. The van der Waals surface area contributed by atoms with E-state index in [2.05, 4.69) is 0 Å². The van der Waals surface area contributed by atoms with Crippen LogP contribution >= 0.6 is 34.7 Å². The topological polar surface area (TPSA) is 40.6 Å². The van der Waals surface area contributed by atoms with E-state index >= 15 is 0 Å². The van der Waals surface area contributed by atoms with E-state index in [0.29, 0.717) is 28.7 Å². The lowest BCUT2D eigenvalue weighted by molar-refractivity contribution is -0.123. The summed E-state index contributed by atoms with van der Waals surface area (Å²) in [6, 6.07) is 17.4. The summed E-state index contributed by atoms with van der Waals surface area (Å²) in [6.07, 6.45) is 0. The Labute approximate surface area is 188 Å². The van der Waals surface area contributed by atoms with Gasteiger partial charge in [-0.05, 0) is 42.1 Å². The van der Waals surface area contributed by atoms with Crippen molar-refractivity contribution in [3.05, 3.63) is 86.6 Å². The van der Waals surface area contributed by atoms with Crippen molar-refractivity contribution in [1.29, 1.82) is 0 Å². The van der Waals surface area contributed by atoms with Gasteiger partial charge in [-0.1, -0.05) is 47.5 Å². The second-order valence-corrected chi connectivity index (χ2v) is 10.1. The Morgan fingerprint density at radius 1 is 1.17 bits per heavy atom. The normalized spacial score (nSPS) is 20.3. The molecule has 2 aliphatic heterocycles. The van der Waals surface area contributed by atoms with Crippen LogP contribution in [0.4, 0.5) is 5.69 Å². The van der Waals surface area contributed by atoms with Crippen molar-refractivity contribution in [2.75, 3.05) is 17.2 Å². The summed E-state index contributed by atoms with van der Waals surface area (Å²) in [6.45, 7) is 3.02. The third kappa shape index (κ3) is 2.97. The minimum Gasteiger partial charge on any atom is -0.310 e. The molecule has 2 aliphatic rings. The van der Waals surface area contributed by atoms with Crippen LogP contribution in [-0.2, 0) is 16.2 Å². The highest BCUT2D eigenvalue weighted by atomic mass is 35.5. The number of nitrogens with zero attached hydrogens (tertiary/aromatic N) is 2. The number of amides is 2. The van der Waals surface area contributed by atoms with Gasteiger partial charge in [0.05, 0.1) is 17.1 Å². The molecule has 0 aliphatic carbocycles.